The summed E-state index contributed by atoms with van der Waals surface area (Å²) in [5, 5.41) is 11.7. The first-order valence-electron chi connectivity index (χ1n) is 10.2. The highest BCUT2D eigenvalue weighted by Crippen LogP contribution is 2.24. The number of nitro groups is 1. The minimum atomic E-state index is -4.03. The fourth-order valence-electron chi connectivity index (χ4n) is 3.89. The van der Waals surface area contributed by atoms with Crippen LogP contribution in [0.3, 0.4) is 0 Å². The standard InChI is InChI=1S/C22H23N3O6S/c1-15-4-2-5-16-12-17(22(26)23-21(15)16)13-24(14-19-6-3-11-31-19)32(29,30)20-9-7-18(8-10-20)25(27)28/h2,4-5,7-10,12,19H,3,6,11,13-14H2,1H3,(H,23,26)/t19-/m1/s1. The molecule has 3 aromatic rings. The summed E-state index contributed by atoms with van der Waals surface area (Å²) < 4.78 is 33.7. The molecule has 0 saturated carbocycles. The van der Waals surface area contributed by atoms with Crippen molar-refractivity contribution in [3.05, 3.63) is 80.1 Å². The van der Waals surface area contributed by atoms with Crippen LogP contribution < -0.4 is 5.56 Å². The summed E-state index contributed by atoms with van der Waals surface area (Å²) in [4.78, 5) is 25.9. The lowest BCUT2D eigenvalue weighted by atomic mass is 10.1. The molecule has 32 heavy (non-hydrogen) atoms. The molecule has 0 radical (unpaired) electrons. The van der Waals surface area contributed by atoms with Gasteiger partial charge in [-0.15, -0.1) is 0 Å². The number of nitro benzene ring substituents is 1. The third-order valence-corrected chi connectivity index (χ3v) is 7.45. The summed E-state index contributed by atoms with van der Waals surface area (Å²) in [5.74, 6) is 0. The van der Waals surface area contributed by atoms with Gasteiger partial charge in [-0.05, 0) is 48.9 Å². The Labute approximate surface area is 184 Å². The molecule has 1 N–H and O–H groups in total. The molecule has 1 atom stereocenters. The molecule has 10 heteroatoms. The van der Waals surface area contributed by atoms with Gasteiger partial charge in [0.25, 0.3) is 11.2 Å². The zero-order chi connectivity index (χ0) is 22.9. The van der Waals surface area contributed by atoms with Crippen molar-refractivity contribution in [2.75, 3.05) is 13.2 Å². The Kier molecular flexibility index (Phi) is 6.09. The number of non-ortho nitro benzene ring substituents is 1. The largest absolute Gasteiger partial charge is 0.377 e. The van der Waals surface area contributed by atoms with Gasteiger partial charge in [-0.1, -0.05) is 18.2 Å². The van der Waals surface area contributed by atoms with E-state index in [0.717, 1.165) is 35.9 Å². The summed E-state index contributed by atoms with van der Waals surface area (Å²) in [6.45, 7) is 2.40. The zero-order valence-electron chi connectivity index (χ0n) is 17.5. The number of ether oxygens (including phenoxy) is 1. The van der Waals surface area contributed by atoms with Crippen molar-refractivity contribution in [3.8, 4) is 0 Å². The van der Waals surface area contributed by atoms with Crippen LogP contribution in [-0.2, 0) is 21.3 Å². The Bertz CT molecular complexity index is 1310. The molecule has 2 heterocycles. The van der Waals surface area contributed by atoms with Gasteiger partial charge in [0.1, 0.15) is 0 Å². The maximum atomic E-state index is 13.4. The van der Waals surface area contributed by atoms with Gasteiger partial charge in [-0.3, -0.25) is 14.9 Å². The lowest BCUT2D eigenvalue weighted by Gasteiger charge is -2.25. The molecule has 1 aromatic heterocycles. The van der Waals surface area contributed by atoms with E-state index < -0.39 is 14.9 Å². The fraction of sp³-hybridized carbons (Fsp3) is 0.318. The molecule has 2 aromatic carbocycles. The molecule has 0 bridgehead atoms. The van der Waals surface area contributed by atoms with Gasteiger partial charge in [-0.2, -0.15) is 4.31 Å². The summed E-state index contributed by atoms with van der Waals surface area (Å²) in [5.41, 5.74) is 1.39. The lowest BCUT2D eigenvalue weighted by Crippen LogP contribution is -2.38. The second kappa shape index (κ2) is 8.81. The molecular weight excluding hydrogens is 434 g/mol. The molecule has 0 amide bonds. The Hall–Kier alpha value is -3.08. The van der Waals surface area contributed by atoms with Gasteiger partial charge in [0.2, 0.25) is 10.0 Å². The number of H-pyrrole nitrogens is 1. The average molecular weight is 458 g/mol. The summed E-state index contributed by atoms with van der Waals surface area (Å²) >= 11 is 0. The number of para-hydroxylation sites is 1. The van der Waals surface area contributed by atoms with Crippen LogP contribution >= 0.6 is 0 Å². The number of sulfonamides is 1. The zero-order valence-corrected chi connectivity index (χ0v) is 18.3. The molecule has 1 fully saturated rings. The van der Waals surface area contributed by atoms with Gasteiger partial charge < -0.3 is 9.72 Å². The summed E-state index contributed by atoms with van der Waals surface area (Å²) in [6.07, 6.45) is 1.29. The smallest absolute Gasteiger partial charge is 0.269 e. The van der Waals surface area contributed by atoms with Crippen LogP contribution in [0.4, 0.5) is 5.69 Å². The van der Waals surface area contributed by atoms with Gasteiger partial charge in [0.05, 0.1) is 21.4 Å². The number of hydrogen-bond donors (Lipinski definition) is 1. The number of nitrogens with zero attached hydrogens (tertiary/aromatic N) is 2. The fourth-order valence-corrected chi connectivity index (χ4v) is 5.34. The van der Waals surface area contributed by atoms with E-state index in [1.54, 1.807) is 6.07 Å². The molecule has 9 nitrogen and oxygen atoms in total. The normalized spacial score (nSPS) is 16.6. The van der Waals surface area contributed by atoms with Crippen LogP contribution in [0.1, 0.15) is 24.0 Å². The topological polar surface area (TPSA) is 123 Å². The number of pyridine rings is 1. The lowest BCUT2D eigenvalue weighted by molar-refractivity contribution is -0.384. The van der Waals surface area contributed by atoms with Crippen LogP contribution in [0.25, 0.3) is 10.9 Å². The van der Waals surface area contributed by atoms with Crippen molar-refractivity contribution in [2.24, 2.45) is 0 Å². The number of benzene rings is 2. The van der Waals surface area contributed by atoms with Gasteiger partial charge in [0, 0.05) is 37.4 Å². The van der Waals surface area contributed by atoms with Crippen LogP contribution in [0, 0.1) is 17.0 Å². The Morgan fingerprint density at radius 1 is 1.22 bits per heavy atom. The maximum Gasteiger partial charge on any atom is 0.269 e. The van der Waals surface area contributed by atoms with Crippen molar-refractivity contribution in [1.29, 1.82) is 0 Å². The molecule has 0 aliphatic carbocycles. The second-order valence-electron chi connectivity index (χ2n) is 7.85. The average Bonchev–Trinajstić information content (AvgIpc) is 3.28. The van der Waals surface area contributed by atoms with Crippen molar-refractivity contribution in [3.63, 3.8) is 0 Å². The molecule has 1 aliphatic heterocycles. The molecule has 1 saturated heterocycles. The Morgan fingerprint density at radius 2 is 1.97 bits per heavy atom. The number of hydrogen-bond acceptors (Lipinski definition) is 6. The van der Waals surface area contributed by atoms with Crippen molar-refractivity contribution < 1.29 is 18.1 Å². The van der Waals surface area contributed by atoms with Crippen molar-refractivity contribution >= 4 is 26.6 Å². The number of aromatic amines is 1. The predicted molar refractivity (Wildman–Crippen MR) is 119 cm³/mol. The highest BCUT2D eigenvalue weighted by Gasteiger charge is 2.30. The monoisotopic (exact) mass is 457 g/mol. The highest BCUT2D eigenvalue weighted by molar-refractivity contribution is 7.89. The predicted octanol–water partition coefficient (Wildman–Crippen LogP) is 3.11. The van der Waals surface area contributed by atoms with E-state index in [0.29, 0.717) is 17.7 Å². The first-order valence-corrected chi connectivity index (χ1v) is 11.7. The first-order chi connectivity index (χ1) is 15.3. The number of nitrogens with one attached hydrogen (secondary N) is 1. The van der Waals surface area contributed by atoms with Crippen LogP contribution in [0.5, 0.6) is 0 Å². The minimum absolute atomic E-state index is 0.0749. The number of fused-ring (bicyclic) bond motifs is 1. The van der Waals surface area contributed by atoms with Gasteiger partial charge in [0.15, 0.2) is 0 Å². The van der Waals surface area contributed by atoms with Crippen LogP contribution in [0.15, 0.2) is 58.2 Å². The van der Waals surface area contributed by atoms with E-state index in [4.69, 9.17) is 4.74 Å². The van der Waals surface area contributed by atoms with Crippen molar-refractivity contribution in [2.45, 2.75) is 37.3 Å². The molecular formula is C22H23N3O6S. The SMILES string of the molecule is Cc1cccc2cc(CN(C[C@H]3CCCO3)S(=O)(=O)c3ccc([N+](=O)[O-])cc3)c(=O)[nH]c12. The number of aryl methyl sites for hydroxylation is 1. The highest BCUT2D eigenvalue weighted by atomic mass is 32.2. The summed E-state index contributed by atoms with van der Waals surface area (Å²) in [6, 6.07) is 12.1. The third-order valence-electron chi connectivity index (χ3n) is 5.63. The van der Waals surface area contributed by atoms with E-state index in [-0.39, 0.29) is 35.3 Å². The number of aromatic nitrogens is 1. The van der Waals surface area contributed by atoms with Crippen LogP contribution in [-0.4, -0.2) is 41.9 Å². The molecule has 168 valence electrons. The molecule has 4 rings (SSSR count). The van der Waals surface area contributed by atoms with E-state index in [2.05, 4.69) is 4.98 Å². The van der Waals surface area contributed by atoms with Crippen molar-refractivity contribution in [1.82, 2.24) is 9.29 Å². The third kappa shape index (κ3) is 4.43. The van der Waals surface area contributed by atoms with Gasteiger partial charge >= 0.3 is 0 Å². The molecule has 1 aliphatic rings. The Balaban J connectivity index is 1.72. The summed E-state index contributed by atoms with van der Waals surface area (Å²) in [7, 11) is -4.03. The van der Waals surface area contributed by atoms with Crippen LogP contribution in [0.2, 0.25) is 0 Å². The Morgan fingerprint density at radius 3 is 2.62 bits per heavy atom. The maximum absolute atomic E-state index is 13.4. The van der Waals surface area contributed by atoms with E-state index in [9.17, 15) is 23.3 Å². The quantitative estimate of drug-likeness (QED) is 0.430. The molecule has 0 spiro atoms. The number of rotatable bonds is 7. The van der Waals surface area contributed by atoms with Gasteiger partial charge in [-0.25, -0.2) is 8.42 Å². The van der Waals surface area contributed by atoms with E-state index >= 15 is 0 Å². The van der Waals surface area contributed by atoms with E-state index in [1.807, 2.05) is 25.1 Å². The molecule has 0 unspecified atom stereocenters. The second-order valence-corrected chi connectivity index (χ2v) is 9.78. The minimum Gasteiger partial charge on any atom is -0.377 e. The first kappa shape index (κ1) is 22.1. The van der Waals surface area contributed by atoms with E-state index in [1.165, 1.54) is 16.4 Å².